The van der Waals surface area contributed by atoms with Gasteiger partial charge in [-0.25, -0.2) is 4.98 Å². The van der Waals surface area contributed by atoms with E-state index in [9.17, 15) is 0 Å². The summed E-state index contributed by atoms with van der Waals surface area (Å²) >= 11 is 0. The zero-order valence-electron chi connectivity index (χ0n) is 10.0. The number of fused-ring (bicyclic) bond motifs is 1. The van der Waals surface area contributed by atoms with Crippen LogP contribution in [0.25, 0.3) is 28.1 Å². The van der Waals surface area contributed by atoms with Crippen molar-refractivity contribution in [3.05, 3.63) is 72.9 Å². The molecular formula is C17H13N. The minimum absolute atomic E-state index is 0.910. The minimum Gasteiger partial charge on any atom is -0.248 e. The zero-order valence-corrected chi connectivity index (χ0v) is 10.0. The highest BCUT2D eigenvalue weighted by Gasteiger charge is 2.05. The van der Waals surface area contributed by atoms with Gasteiger partial charge in [-0.1, -0.05) is 55.1 Å². The van der Waals surface area contributed by atoms with E-state index in [1.807, 2.05) is 24.3 Å². The third kappa shape index (κ3) is 1.80. The topological polar surface area (TPSA) is 12.9 Å². The lowest BCUT2D eigenvalue weighted by Gasteiger charge is -2.08. The maximum Gasteiger partial charge on any atom is 0.0715 e. The van der Waals surface area contributed by atoms with E-state index in [2.05, 4.69) is 48.0 Å². The van der Waals surface area contributed by atoms with E-state index in [1.54, 1.807) is 6.08 Å². The summed E-state index contributed by atoms with van der Waals surface area (Å²) in [4.78, 5) is 4.56. The van der Waals surface area contributed by atoms with Crippen molar-refractivity contribution in [1.29, 1.82) is 0 Å². The van der Waals surface area contributed by atoms with E-state index in [1.165, 1.54) is 16.5 Å². The van der Waals surface area contributed by atoms with Gasteiger partial charge >= 0.3 is 0 Å². The van der Waals surface area contributed by atoms with Crippen molar-refractivity contribution < 1.29 is 0 Å². The van der Waals surface area contributed by atoms with Crippen molar-refractivity contribution in [3.63, 3.8) is 0 Å². The molecule has 0 saturated heterocycles. The lowest BCUT2D eigenvalue weighted by Crippen LogP contribution is -1.88. The van der Waals surface area contributed by atoms with Crippen molar-refractivity contribution in [1.82, 2.24) is 4.98 Å². The summed E-state index contributed by atoms with van der Waals surface area (Å²) in [5.74, 6) is 0. The van der Waals surface area contributed by atoms with Crippen molar-refractivity contribution in [2.24, 2.45) is 0 Å². The first-order valence-electron chi connectivity index (χ1n) is 5.96. The van der Waals surface area contributed by atoms with Crippen LogP contribution in [0.15, 0.2) is 67.2 Å². The molecule has 18 heavy (non-hydrogen) atoms. The van der Waals surface area contributed by atoms with Crippen LogP contribution in [0.5, 0.6) is 0 Å². The van der Waals surface area contributed by atoms with Gasteiger partial charge in [0.2, 0.25) is 0 Å². The quantitative estimate of drug-likeness (QED) is 0.630. The van der Waals surface area contributed by atoms with Crippen molar-refractivity contribution in [2.45, 2.75) is 0 Å². The molecule has 2 aromatic carbocycles. The van der Waals surface area contributed by atoms with Crippen LogP contribution in [0, 0.1) is 0 Å². The maximum atomic E-state index is 4.56. The average molecular weight is 231 g/mol. The number of benzene rings is 2. The number of pyridine rings is 1. The Balaban J connectivity index is 2.36. The largest absolute Gasteiger partial charge is 0.248 e. The number of hydrogen-bond donors (Lipinski definition) is 0. The molecule has 0 aliphatic heterocycles. The van der Waals surface area contributed by atoms with Crippen LogP contribution in [0.1, 0.15) is 5.69 Å². The molecule has 1 nitrogen and oxygen atoms in total. The van der Waals surface area contributed by atoms with Crippen LogP contribution in [0.3, 0.4) is 0 Å². The molecule has 0 aliphatic carbocycles. The normalized spacial score (nSPS) is 10.4. The van der Waals surface area contributed by atoms with Gasteiger partial charge < -0.3 is 0 Å². The predicted molar refractivity (Wildman–Crippen MR) is 77.3 cm³/mol. The van der Waals surface area contributed by atoms with Gasteiger partial charge in [-0.05, 0) is 29.3 Å². The van der Waals surface area contributed by atoms with Gasteiger partial charge in [0.25, 0.3) is 0 Å². The number of rotatable bonds is 2. The molecule has 3 aromatic rings. The second kappa shape index (κ2) is 4.46. The molecule has 0 bridgehead atoms. The Kier molecular flexibility index (Phi) is 2.66. The molecule has 0 spiro atoms. The average Bonchev–Trinajstić information content (AvgIpc) is 2.47. The molecule has 3 rings (SSSR count). The second-order valence-electron chi connectivity index (χ2n) is 4.18. The van der Waals surface area contributed by atoms with Gasteiger partial charge in [0.1, 0.15) is 0 Å². The third-order valence-electron chi connectivity index (χ3n) is 3.03. The Morgan fingerprint density at radius 3 is 2.39 bits per heavy atom. The lowest BCUT2D eigenvalue weighted by molar-refractivity contribution is 1.37. The van der Waals surface area contributed by atoms with Gasteiger partial charge in [0.15, 0.2) is 0 Å². The molecule has 0 amide bonds. The fourth-order valence-electron chi connectivity index (χ4n) is 2.16. The molecule has 0 saturated carbocycles. The van der Waals surface area contributed by atoms with Crippen LogP contribution in [0.2, 0.25) is 0 Å². The first kappa shape index (κ1) is 10.7. The highest BCUT2D eigenvalue weighted by molar-refractivity contribution is 5.95. The minimum atomic E-state index is 0.910. The monoisotopic (exact) mass is 231 g/mol. The number of para-hydroxylation sites is 1. The molecule has 86 valence electrons. The lowest BCUT2D eigenvalue weighted by atomic mass is 10.0. The smallest absolute Gasteiger partial charge is 0.0715 e. The molecule has 1 heteroatoms. The summed E-state index contributed by atoms with van der Waals surface area (Å²) < 4.78 is 0. The molecule has 0 atom stereocenters. The molecule has 0 aliphatic rings. The maximum absolute atomic E-state index is 4.56. The summed E-state index contributed by atoms with van der Waals surface area (Å²) in [6, 6.07) is 20.7. The van der Waals surface area contributed by atoms with Gasteiger partial charge in [0, 0.05) is 5.39 Å². The SMILES string of the molecule is C=Cc1cc(-c2ccccc2)c2ccccc2n1. The molecule has 0 unspecified atom stereocenters. The predicted octanol–water partition coefficient (Wildman–Crippen LogP) is 4.54. The summed E-state index contributed by atoms with van der Waals surface area (Å²) in [5.41, 5.74) is 4.33. The summed E-state index contributed by atoms with van der Waals surface area (Å²) in [6.45, 7) is 3.81. The van der Waals surface area contributed by atoms with Crippen LogP contribution < -0.4 is 0 Å². The molecule has 0 N–H and O–H groups in total. The summed E-state index contributed by atoms with van der Waals surface area (Å²) in [5, 5.41) is 1.18. The molecular weight excluding hydrogens is 218 g/mol. The zero-order chi connectivity index (χ0) is 12.4. The Labute approximate surface area is 106 Å². The Hall–Kier alpha value is -2.41. The van der Waals surface area contributed by atoms with Gasteiger partial charge in [-0.2, -0.15) is 0 Å². The van der Waals surface area contributed by atoms with E-state index in [-0.39, 0.29) is 0 Å². The van der Waals surface area contributed by atoms with E-state index < -0.39 is 0 Å². The first-order valence-corrected chi connectivity index (χ1v) is 5.96. The second-order valence-corrected chi connectivity index (χ2v) is 4.18. The van der Waals surface area contributed by atoms with E-state index in [4.69, 9.17) is 0 Å². The number of hydrogen-bond acceptors (Lipinski definition) is 1. The van der Waals surface area contributed by atoms with Gasteiger partial charge in [0.05, 0.1) is 11.2 Å². The van der Waals surface area contributed by atoms with Crippen LogP contribution in [-0.2, 0) is 0 Å². The fourth-order valence-corrected chi connectivity index (χ4v) is 2.16. The molecule has 0 fully saturated rings. The van der Waals surface area contributed by atoms with Crippen LogP contribution in [0.4, 0.5) is 0 Å². The Morgan fingerprint density at radius 1 is 0.889 bits per heavy atom. The van der Waals surface area contributed by atoms with Crippen LogP contribution >= 0.6 is 0 Å². The summed E-state index contributed by atoms with van der Waals surface area (Å²) in [6.07, 6.45) is 1.79. The summed E-state index contributed by atoms with van der Waals surface area (Å²) in [7, 11) is 0. The van der Waals surface area contributed by atoms with Gasteiger partial charge in [-0.15, -0.1) is 0 Å². The van der Waals surface area contributed by atoms with Crippen molar-refractivity contribution in [2.75, 3.05) is 0 Å². The molecule has 0 radical (unpaired) electrons. The highest BCUT2D eigenvalue weighted by atomic mass is 14.7. The van der Waals surface area contributed by atoms with Crippen molar-refractivity contribution >= 4 is 17.0 Å². The van der Waals surface area contributed by atoms with E-state index in [0.29, 0.717) is 0 Å². The van der Waals surface area contributed by atoms with E-state index >= 15 is 0 Å². The molecule has 1 heterocycles. The Morgan fingerprint density at radius 2 is 1.61 bits per heavy atom. The molecule has 1 aromatic heterocycles. The van der Waals surface area contributed by atoms with Crippen molar-refractivity contribution in [3.8, 4) is 11.1 Å². The third-order valence-corrected chi connectivity index (χ3v) is 3.03. The number of aromatic nitrogens is 1. The van der Waals surface area contributed by atoms with Gasteiger partial charge in [-0.3, -0.25) is 0 Å². The Bertz CT molecular complexity index is 699. The standard InChI is InChI=1S/C17H13N/c1-2-14-12-16(13-8-4-3-5-9-13)15-10-6-7-11-17(15)18-14/h2-12H,1H2. The van der Waals surface area contributed by atoms with Crippen LogP contribution in [-0.4, -0.2) is 4.98 Å². The first-order chi connectivity index (χ1) is 8.88. The fraction of sp³-hybridized carbons (Fsp3) is 0. The van der Waals surface area contributed by atoms with E-state index in [0.717, 1.165) is 11.2 Å². The highest BCUT2D eigenvalue weighted by Crippen LogP contribution is 2.28. The number of nitrogens with zero attached hydrogens (tertiary/aromatic N) is 1.